The topological polar surface area (TPSA) is 89.2 Å². The van der Waals surface area contributed by atoms with E-state index < -0.39 is 0 Å². The Hall–Kier alpha value is -3.49. The molecule has 0 bridgehead atoms. The summed E-state index contributed by atoms with van der Waals surface area (Å²) in [6.45, 7) is 0. The molecule has 0 aliphatic rings. The molecule has 2 heterocycles. The van der Waals surface area contributed by atoms with Crippen molar-refractivity contribution < 1.29 is 4.79 Å². The first-order chi connectivity index (χ1) is 15.1. The minimum absolute atomic E-state index is 0.0305. The molecule has 0 aliphatic carbocycles. The van der Waals surface area contributed by atoms with Gasteiger partial charge in [0.15, 0.2) is 5.16 Å². The molecule has 0 spiro atoms. The summed E-state index contributed by atoms with van der Waals surface area (Å²) in [6.07, 6.45) is 4.80. The number of hydrazone groups is 1. The summed E-state index contributed by atoms with van der Waals surface area (Å²) in [5.74, 6) is -0.293. The molecule has 0 radical (unpaired) electrons. The lowest BCUT2D eigenvalue weighted by atomic mass is 10.2. The number of nitrogens with zero attached hydrogens (tertiary/aromatic N) is 4. The van der Waals surface area contributed by atoms with Crippen LogP contribution in [0.3, 0.4) is 0 Å². The first-order valence-electron chi connectivity index (χ1n) is 9.24. The van der Waals surface area contributed by atoms with Gasteiger partial charge < -0.3 is 0 Å². The van der Waals surface area contributed by atoms with Crippen LogP contribution in [0.15, 0.2) is 88.1 Å². The van der Waals surface area contributed by atoms with Gasteiger partial charge in [-0.05, 0) is 42.5 Å². The number of fused-ring (bicyclic) bond motifs is 1. The van der Waals surface area contributed by atoms with E-state index in [0.717, 1.165) is 17.3 Å². The lowest BCUT2D eigenvalue weighted by molar-refractivity contribution is -0.118. The Morgan fingerprint density at radius 3 is 2.71 bits per heavy atom. The van der Waals surface area contributed by atoms with Crippen LogP contribution in [-0.2, 0) is 4.79 Å². The maximum absolute atomic E-state index is 13.2. The molecule has 154 valence electrons. The van der Waals surface area contributed by atoms with Crippen LogP contribution in [0.5, 0.6) is 0 Å². The average molecular weight is 450 g/mol. The van der Waals surface area contributed by atoms with Gasteiger partial charge in [-0.15, -0.1) is 0 Å². The highest BCUT2D eigenvalue weighted by Gasteiger charge is 2.14. The fourth-order valence-electron chi connectivity index (χ4n) is 2.82. The number of hydrogen-bond donors (Lipinski definition) is 1. The molecule has 4 aromatic rings. The van der Waals surface area contributed by atoms with Crippen molar-refractivity contribution in [3.8, 4) is 5.69 Å². The van der Waals surface area contributed by atoms with Crippen LogP contribution in [-0.4, -0.2) is 32.4 Å². The quantitative estimate of drug-likeness (QED) is 0.210. The largest absolute Gasteiger partial charge is 0.272 e. The standard InChI is InChI=1S/C22H16ClN5O2S/c23-16-7-9-17(10-8-16)28-21(30)18-5-1-2-6-19(18)26-22(28)31-14-20(29)27-25-13-15-4-3-11-24-12-15/h1-13H,14H2,(H,27,29)/b25-13+. The summed E-state index contributed by atoms with van der Waals surface area (Å²) in [6, 6.07) is 17.6. The van der Waals surface area contributed by atoms with E-state index in [-0.39, 0.29) is 17.2 Å². The van der Waals surface area contributed by atoms with Crippen molar-refractivity contribution in [3.63, 3.8) is 0 Å². The van der Waals surface area contributed by atoms with E-state index in [1.807, 2.05) is 12.1 Å². The summed E-state index contributed by atoms with van der Waals surface area (Å²) < 4.78 is 1.48. The van der Waals surface area contributed by atoms with E-state index in [9.17, 15) is 9.59 Å². The number of carbonyl (C=O) groups is 1. The fourth-order valence-corrected chi connectivity index (χ4v) is 3.75. The molecule has 7 nitrogen and oxygen atoms in total. The van der Waals surface area contributed by atoms with Crippen LogP contribution in [0.25, 0.3) is 16.6 Å². The summed E-state index contributed by atoms with van der Waals surface area (Å²) >= 11 is 7.14. The molecule has 1 amide bonds. The van der Waals surface area contributed by atoms with Crippen molar-refractivity contribution in [1.29, 1.82) is 0 Å². The van der Waals surface area contributed by atoms with Crippen molar-refractivity contribution in [2.75, 3.05) is 5.75 Å². The van der Waals surface area contributed by atoms with E-state index >= 15 is 0 Å². The molecule has 2 aromatic carbocycles. The third kappa shape index (κ3) is 4.99. The lowest BCUT2D eigenvalue weighted by Gasteiger charge is -2.13. The molecule has 0 saturated carbocycles. The van der Waals surface area contributed by atoms with Crippen LogP contribution in [0.2, 0.25) is 5.02 Å². The zero-order valence-electron chi connectivity index (χ0n) is 16.1. The Morgan fingerprint density at radius 2 is 1.94 bits per heavy atom. The summed E-state index contributed by atoms with van der Waals surface area (Å²) in [4.78, 5) is 34.0. The number of aromatic nitrogens is 3. The first-order valence-corrected chi connectivity index (χ1v) is 10.6. The number of hydrogen-bond acceptors (Lipinski definition) is 6. The Morgan fingerprint density at radius 1 is 1.13 bits per heavy atom. The molecule has 9 heteroatoms. The maximum Gasteiger partial charge on any atom is 0.266 e. The number of rotatable bonds is 6. The van der Waals surface area contributed by atoms with Gasteiger partial charge in [0, 0.05) is 23.0 Å². The molecule has 1 N–H and O–H groups in total. The Labute approximate surface area is 186 Å². The number of amides is 1. The van der Waals surface area contributed by atoms with Crippen LogP contribution in [0, 0.1) is 0 Å². The van der Waals surface area contributed by atoms with Crippen molar-refractivity contribution in [3.05, 3.63) is 94.0 Å². The van der Waals surface area contributed by atoms with E-state index in [1.165, 1.54) is 10.8 Å². The molecule has 0 aliphatic heterocycles. The molecule has 0 atom stereocenters. The number of pyridine rings is 1. The number of para-hydroxylation sites is 1. The molecule has 31 heavy (non-hydrogen) atoms. The number of thioether (sulfide) groups is 1. The van der Waals surface area contributed by atoms with E-state index in [2.05, 4.69) is 20.5 Å². The molecule has 4 rings (SSSR count). The third-order valence-corrected chi connectivity index (χ3v) is 5.44. The summed E-state index contributed by atoms with van der Waals surface area (Å²) in [5.41, 5.74) is 4.20. The van der Waals surface area contributed by atoms with E-state index in [0.29, 0.717) is 26.8 Å². The second kappa shape index (κ2) is 9.55. The normalized spacial score (nSPS) is 11.1. The second-order valence-corrected chi connectivity index (χ2v) is 7.78. The van der Waals surface area contributed by atoms with Gasteiger partial charge in [-0.1, -0.05) is 41.6 Å². The van der Waals surface area contributed by atoms with Gasteiger partial charge in [0.25, 0.3) is 11.5 Å². The van der Waals surface area contributed by atoms with Crippen molar-refractivity contribution >= 4 is 46.4 Å². The Balaban J connectivity index is 1.58. The molecular formula is C22H16ClN5O2S. The van der Waals surface area contributed by atoms with Crippen molar-refractivity contribution in [2.45, 2.75) is 5.16 Å². The van der Waals surface area contributed by atoms with Gasteiger partial charge in [0.1, 0.15) is 0 Å². The number of carbonyl (C=O) groups excluding carboxylic acids is 1. The maximum atomic E-state index is 13.2. The predicted octanol–water partition coefficient (Wildman–Crippen LogP) is 3.68. The highest BCUT2D eigenvalue weighted by molar-refractivity contribution is 7.99. The van der Waals surface area contributed by atoms with Gasteiger partial charge in [-0.3, -0.25) is 19.1 Å². The summed E-state index contributed by atoms with van der Waals surface area (Å²) in [5, 5.41) is 5.38. The van der Waals surface area contributed by atoms with Gasteiger partial charge in [0.2, 0.25) is 0 Å². The van der Waals surface area contributed by atoms with Crippen LogP contribution in [0.1, 0.15) is 5.56 Å². The molecule has 0 fully saturated rings. The van der Waals surface area contributed by atoms with Gasteiger partial charge in [-0.2, -0.15) is 5.10 Å². The fraction of sp³-hybridized carbons (Fsp3) is 0.0455. The second-order valence-electron chi connectivity index (χ2n) is 6.40. The molecule has 0 saturated heterocycles. The highest BCUT2D eigenvalue weighted by atomic mass is 35.5. The van der Waals surface area contributed by atoms with Gasteiger partial charge in [-0.25, -0.2) is 10.4 Å². The van der Waals surface area contributed by atoms with E-state index in [1.54, 1.807) is 60.9 Å². The summed E-state index contributed by atoms with van der Waals surface area (Å²) in [7, 11) is 0. The number of nitrogens with one attached hydrogen (secondary N) is 1. The average Bonchev–Trinajstić information content (AvgIpc) is 2.79. The van der Waals surface area contributed by atoms with Gasteiger partial charge >= 0.3 is 0 Å². The third-order valence-electron chi connectivity index (χ3n) is 4.25. The Bertz CT molecular complexity index is 1310. The molecule has 2 aromatic heterocycles. The highest BCUT2D eigenvalue weighted by Crippen LogP contribution is 2.22. The molecular weight excluding hydrogens is 434 g/mol. The molecule has 0 unspecified atom stereocenters. The van der Waals surface area contributed by atoms with Crippen LogP contribution in [0.4, 0.5) is 0 Å². The number of benzene rings is 2. The lowest BCUT2D eigenvalue weighted by Crippen LogP contribution is -2.24. The zero-order valence-corrected chi connectivity index (χ0v) is 17.7. The Kier molecular flexibility index (Phi) is 6.40. The number of halogens is 1. The van der Waals surface area contributed by atoms with Crippen molar-refractivity contribution in [2.24, 2.45) is 5.10 Å². The minimum atomic E-state index is -0.324. The first kappa shape index (κ1) is 20.8. The predicted molar refractivity (Wildman–Crippen MR) is 123 cm³/mol. The van der Waals surface area contributed by atoms with E-state index in [4.69, 9.17) is 11.6 Å². The van der Waals surface area contributed by atoms with Gasteiger partial charge in [0.05, 0.1) is 28.6 Å². The van der Waals surface area contributed by atoms with Crippen LogP contribution < -0.4 is 11.0 Å². The zero-order chi connectivity index (χ0) is 21.6. The SMILES string of the molecule is O=C(CSc1nc2ccccc2c(=O)n1-c1ccc(Cl)cc1)N/N=C/c1cccnc1. The van der Waals surface area contributed by atoms with Crippen molar-refractivity contribution in [1.82, 2.24) is 20.0 Å². The van der Waals surface area contributed by atoms with Crippen LogP contribution >= 0.6 is 23.4 Å². The minimum Gasteiger partial charge on any atom is -0.272 e. The smallest absolute Gasteiger partial charge is 0.266 e. The monoisotopic (exact) mass is 449 g/mol.